The van der Waals surface area contributed by atoms with E-state index in [1.165, 1.54) is 6.42 Å². The summed E-state index contributed by atoms with van der Waals surface area (Å²) < 4.78 is 16.4. The first-order valence-corrected chi connectivity index (χ1v) is 5.97. The van der Waals surface area contributed by atoms with Gasteiger partial charge in [0.15, 0.2) is 0 Å². The molecule has 0 aromatic heterocycles. The molecule has 0 radical (unpaired) electrons. The second kappa shape index (κ2) is 5.77. The average Bonchev–Trinajstić information content (AvgIpc) is 2.39. The molecular formula is C13H19NO3. The molecule has 17 heavy (non-hydrogen) atoms. The van der Waals surface area contributed by atoms with Gasteiger partial charge in [0, 0.05) is 12.7 Å². The number of nitrogen functional groups attached to an aromatic ring is 1. The zero-order valence-corrected chi connectivity index (χ0v) is 10.1. The lowest BCUT2D eigenvalue weighted by Gasteiger charge is -2.22. The summed E-state index contributed by atoms with van der Waals surface area (Å²) in [5.41, 5.74) is 6.35. The fraction of sp³-hybridized carbons (Fsp3) is 0.538. The summed E-state index contributed by atoms with van der Waals surface area (Å²) in [4.78, 5) is 0. The van der Waals surface area contributed by atoms with Crippen LogP contribution < -0.4 is 15.2 Å². The Bertz CT molecular complexity index is 362. The number of hydrogen-bond donors (Lipinski definition) is 1. The molecule has 1 aromatic carbocycles. The zero-order chi connectivity index (χ0) is 12.1. The number of benzene rings is 1. The van der Waals surface area contributed by atoms with Crippen molar-refractivity contribution in [3.05, 3.63) is 18.2 Å². The molecule has 4 heteroatoms. The third-order valence-corrected chi connectivity index (χ3v) is 2.91. The van der Waals surface area contributed by atoms with Crippen molar-refractivity contribution in [2.75, 3.05) is 26.1 Å². The van der Waals surface area contributed by atoms with Gasteiger partial charge in [0.05, 0.1) is 18.9 Å². The molecule has 2 rings (SSSR count). The highest BCUT2D eigenvalue weighted by atomic mass is 16.5. The number of hydrogen-bond acceptors (Lipinski definition) is 4. The molecule has 4 nitrogen and oxygen atoms in total. The summed E-state index contributed by atoms with van der Waals surface area (Å²) in [6, 6.07) is 5.44. The van der Waals surface area contributed by atoms with Gasteiger partial charge in [-0.25, -0.2) is 0 Å². The summed E-state index contributed by atoms with van der Waals surface area (Å²) in [5, 5.41) is 0. The molecule has 2 N–H and O–H groups in total. The summed E-state index contributed by atoms with van der Waals surface area (Å²) in [7, 11) is 1.60. The van der Waals surface area contributed by atoms with E-state index in [-0.39, 0.29) is 6.10 Å². The predicted molar refractivity (Wildman–Crippen MR) is 66.5 cm³/mol. The summed E-state index contributed by atoms with van der Waals surface area (Å²) in [5.74, 6) is 1.41. The SMILES string of the molecule is COc1cc(OCC2CCCCO2)ccc1N. The van der Waals surface area contributed by atoms with Gasteiger partial charge in [-0.15, -0.1) is 0 Å². The quantitative estimate of drug-likeness (QED) is 0.816. The third kappa shape index (κ3) is 3.27. The van der Waals surface area contributed by atoms with Crippen LogP contribution in [0.25, 0.3) is 0 Å². The molecule has 1 aliphatic rings. The number of ether oxygens (including phenoxy) is 3. The van der Waals surface area contributed by atoms with Gasteiger partial charge in [-0.3, -0.25) is 0 Å². The van der Waals surface area contributed by atoms with Crippen LogP contribution in [0.1, 0.15) is 19.3 Å². The van der Waals surface area contributed by atoms with Crippen LogP contribution in [0.3, 0.4) is 0 Å². The van der Waals surface area contributed by atoms with E-state index in [1.807, 2.05) is 6.07 Å². The number of nitrogens with two attached hydrogens (primary N) is 1. The van der Waals surface area contributed by atoms with E-state index in [1.54, 1.807) is 19.2 Å². The molecule has 1 fully saturated rings. The van der Waals surface area contributed by atoms with Crippen LogP contribution >= 0.6 is 0 Å². The monoisotopic (exact) mass is 237 g/mol. The van der Waals surface area contributed by atoms with Crippen molar-refractivity contribution in [1.82, 2.24) is 0 Å². The van der Waals surface area contributed by atoms with Crippen molar-refractivity contribution in [3.8, 4) is 11.5 Å². The van der Waals surface area contributed by atoms with Crippen molar-refractivity contribution in [2.45, 2.75) is 25.4 Å². The Morgan fingerprint density at radius 3 is 3.00 bits per heavy atom. The topological polar surface area (TPSA) is 53.7 Å². The van der Waals surface area contributed by atoms with E-state index in [4.69, 9.17) is 19.9 Å². The van der Waals surface area contributed by atoms with Crippen LogP contribution in [0.15, 0.2) is 18.2 Å². The second-order valence-corrected chi connectivity index (χ2v) is 4.20. The minimum absolute atomic E-state index is 0.215. The molecule has 1 aliphatic heterocycles. The standard InChI is InChI=1S/C13H19NO3/c1-15-13-8-10(5-6-12(13)14)17-9-11-4-2-3-7-16-11/h5-6,8,11H,2-4,7,9,14H2,1H3. The zero-order valence-electron chi connectivity index (χ0n) is 10.1. The van der Waals surface area contributed by atoms with E-state index < -0.39 is 0 Å². The fourth-order valence-electron chi connectivity index (χ4n) is 1.91. The molecule has 1 atom stereocenters. The van der Waals surface area contributed by atoms with Crippen LogP contribution in [0.4, 0.5) is 5.69 Å². The minimum atomic E-state index is 0.215. The Labute approximate surface area is 102 Å². The van der Waals surface area contributed by atoms with E-state index in [0.29, 0.717) is 18.0 Å². The van der Waals surface area contributed by atoms with Crippen molar-refractivity contribution >= 4 is 5.69 Å². The lowest BCUT2D eigenvalue weighted by Crippen LogP contribution is -2.25. The van der Waals surface area contributed by atoms with E-state index in [0.717, 1.165) is 25.2 Å². The van der Waals surface area contributed by atoms with Gasteiger partial charge in [-0.1, -0.05) is 0 Å². The first-order valence-electron chi connectivity index (χ1n) is 5.97. The maximum absolute atomic E-state index is 5.73. The minimum Gasteiger partial charge on any atom is -0.494 e. The molecule has 0 spiro atoms. The molecule has 0 bridgehead atoms. The molecule has 0 aliphatic carbocycles. The lowest BCUT2D eigenvalue weighted by atomic mass is 10.1. The van der Waals surface area contributed by atoms with Crippen LogP contribution in [-0.2, 0) is 4.74 Å². The van der Waals surface area contributed by atoms with Gasteiger partial charge in [0.2, 0.25) is 0 Å². The van der Waals surface area contributed by atoms with E-state index in [2.05, 4.69) is 0 Å². The van der Waals surface area contributed by atoms with Gasteiger partial charge in [-0.05, 0) is 31.4 Å². The molecular weight excluding hydrogens is 218 g/mol. The normalized spacial score (nSPS) is 19.9. The first-order chi connectivity index (χ1) is 8.29. The third-order valence-electron chi connectivity index (χ3n) is 2.91. The maximum Gasteiger partial charge on any atom is 0.145 e. The average molecular weight is 237 g/mol. The van der Waals surface area contributed by atoms with Gasteiger partial charge >= 0.3 is 0 Å². The first kappa shape index (κ1) is 12.0. The fourth-order valence-corrected chi connectivity index (χ4v) is 1.91. The van der Waals surface area contributed by atoms with E-state index >= 15 is 0 Å². The number of anilines is 1. The second-order valence-electron chi connectivity index (χ2n) is 4.20. The Morgan fingerprint density at radius 2 is 2.29 bits per heavy atom. The maximum atomic E-state index is 5.73. The highest BCUT2D eigenvalue weighted by Crippen LogP contribution is 2.26. The predicted octanol–water partition coefficient (Wildman–Crippen LogP) is 2.23. The lowest BCUT2D eigenvalue weighted by molar-refractivity contribution is -0.0111. The highest BCUT2D eigenvalue weighted by Gasteiger charge is 2.14. The van der Waals surface area contributed by atoms with Crippen molar-refractivity contribution in [1.29, 1.82) is 0 Å². The van der Waals surface area contributed by atoms with Crippen LogP contribution in [-0.4, -0.2) is 26.4 Å². The number of methoxy groups -OCH3 is 1. The molecule has 0 saturated carbocycles. The Kier molecular flexibility index (Phi) is 4.09. The summed E-state index contributed by atoms with van der Waals surface area (Å²) in [6.45, 7) is 1.44. The smallest absolute Gasteiger partial charge is 0.145 e. The van der Waals surface area contributed by atoms with Gasteiger partial charge in [-0.2, -0.15) is 0 Å². The molecule has 1 aromatic rings. The molecule has 1 heterocycles. The molecule has 1 saturated heterocycles. The van der Waals surface area contributed by atoms with Crippen molar-refractivity contribution < 1.29 is 14.2 Å². The summed E-state index contributed by atoms with van der Waals surface area (Å²) >= 11 is 0. The van der Waals surface area contributed by atoms with Crippen LogP contribution in [0.2, 0.25) is 0 Å². The Balaban J connectivity index is 1.89. The number of rotatable bonds is 4. The molecule has 94 valence electrons. The highest BCUT2D eigenvalue weighted by molar-refractivity contribution is 5.55. The van der Waals surface area contributed by atoms with Crippen molar-refractivity contribution in [2.24, 2.45) is 0 Å². The van der Waals surface area contributed by atoms with Gasteiger partial charge < -0.3 is 19.9 Å². The van der Waals surface area contributed by atoms with E-state index in [9.17, 15) is 0 Å². The van der Waals surface area contributed by atoms with Crippen LogP contribution in [0.5, 0.6) is 11.5 Å². The molecule has 0 amide bonds. The van der Waals surface area contributed by atoms with Gasteiger partial charge in [0.25, 0.3) is 0 Å². The van der Waals surface area contributed by atoms with Crippen molar-refractivity contribution in [3.63, 3.8) is 0 Å². The van der Waals surface area contributed by atoms with Crippen LogP contribution in [0, 0.1) is 0 Å². The Morgan fingerprint density at radius 1 is 1.41 bits per heavy atom. The molecule has 1 unspecified atom stereocenters. The van der Waals surface area contributed by atoms with Gasteiger partial charge in [0.1, 0.15) is 18.1 Å². The Hall–Kier alpha value is -1.42. The largest absolute Gasteiger partial charge is 0.494 e. The summed E-state index contributed by atoms with van der Waals surface area (Å²) in [6.07, 6.45) is 3.67.